The van der Waals surface area contributed by atoms with Crippen molar-refractivity contribution in [1.29, 1.82) is 0 Å². The Balaban J connectivity index is 1.62. The number of benzene rings is 2. The second kappa shape index (κ2) is 9.20. The smallest absolute Gasteiger partial charge is 0.343 e. The molecule has 1 aromatic heterocycles. The first kappa shape index (κ1) is 20.3. The highest BCUT2D eigenvalue weighted by molar-refractivity contribution is 14.1. The van der Waals surface area contributed by atoms with Crippen LogP contribution in [0.1, 0.15) is 16.1 Å². The van der Waals surface area contributed by atoms with E-state index in [0.29, 0.717) is 11.3 Å². The molecular formula is C19H14BrIN2O5. The molecule has 144 valence electrons. The van der Waals surface area contributed by atoms with Gasteiger partial charge in [-0.1, -0.05) is 15.9 Å². The Morgan fingerprint density at radius 1 is 1.25 bits per heavy atom. The van der Waals surface area contributed by atoms with Gasteiger partial charge in [-0.25, -0.2) is 10.2 Å². The number of rotatable bonds is 6. The lowest BCUT2D eigenvalue weighted by molar-refractivity contribution is -0.142. The zero-order chi connectivity index (χ0) is 20.1. The second-order valence-corrected chi connectivity index (χ2v) is 7.62. The van der Waals surface area contributed by atoms with Gasteiger partial charge in [0.15, 0.2) is 12.4 Å². The van der Waals surface area contributed by atoms with Gasteiger partial charge in [0.05, 0.1) is 16.9 Å². The van der Waals surface area contributed by atoms with Gasteiger partial charge in [0.2, 0.25) is 0 Å². The Morgan fingerprint density at radius 2 is 2.07 bits per heavy atom. The number of halogens is 2. The van der Waals surface area contributed by atoms with Crippen LogP contribution in [-0.4, -0.2) is 31.8 Å². The summed E-state index contributed by atoms with van der Waals surface area (Å²) in [5.41, 5.74) is 3.81. The van der Waals surface area contributed by atoms with Gasteiger partial charge in [0.1, 0.15) is 11.3 Å². The van der Waals surface area contributed by atoms with E-state index in [2.05, 4.69) is 53.8 Å². The van der Waals surface area contributed by atoms with Crippen molar-refractivity contribution in [2.75, 3.05) is 13.7 Å². The van der Waals surface area contributed by atoms with Crippen LogP contribution in [0.15, 0.2) is 56.5 Å². The number of esters is 1. The number of carbonyl (C=O) groups excluding carboxylic acids is 2. The van der Waals surface area contributed by atoms with Crippen molar-refractivity contribution in [2.45, 2.75) is 0 Å². The summed E-state index contributed by atoms with van der Waals surface area (Å²) in [5.74, 6) is -0.176. The van der Waals surface area contributed by atoms with E-state index in [-0.39, 0.29) is 12.4 Å². The Bertz CT molecular complexity index is 1060. The van der Waals surface area contributed by atoms with Crippen LogP contribution < -0.4 is 10.2 Å². The number of hydrogen-bond acceptors (Lipinski definition) is 6. The van der Waals surface area contributed by atoms with Crippen LogP contribution in [0.4, 0.5) is 0 Å². The Kier molecular flexibility index (Phi) is 6.68. The average molecular weight is 557 g/mol. The summed E-state index contributed by atoms with van der Waals surface area (Å²) in [6.07, 6.45) is 1.50. The van der Waals surface area contributed by atoms with E-state index < -0.39 is 11.9 Å². The molecule has 0 radical (unpaired) electrons. The highest BCUT2D eigenvalue weighted by atomic mass is 127. The summed E-state index contributed by atoms with van der Waals surface area (Å²) in [5, 5.41) is 4.77. The summed E-state index contributed by atoms with van der Waals surface area (Å²) in [7, 11) is 1.30. The van der Waals surface area contributed by atoms with Crippen molar-refractivity contribution in [1.82, 2.24) is 5.43 Å². The van der Waals surface area contributed by atoms with Gasteiger partial charge in [0, 0.05) is 9.86 Å². The molecule has 0 saturated heterocycles. The quantitative estimate of drug-likeness (QED) is 0.213. The lowest BCUT2D eigenvalue weighted by Gasteiger charge is -2.07. The molecule has 0 saturated carbocycles. The van der Waals surface area contributed by atoms with Crippen LogP contribution in [0.25, 0.3) is 11.0 Å². The molecule has 3 aromatic rings. The predicted molar refractivity (Wildman–Crippen MR) is 116 cm³/mol. The molecule has 1 heterocycles. The van der Waals surface area contributed by atoms with Gasteiger partial charge in [-0.05, 0) is 70.6 Å². The first-order valence-corrected chi connectivity index (χ1v) is 9.85. The molecule has 7 nitrogen and oxygen atoms in total. The predicted octanol–water partition coefficient (Wildman–Crippen LogP) is 4.12. The molecule has 0 aliphatic rings. The van der Waals surface area contributed by atoms with Crippen molar-refractivity contribution < 1.29 is 23.5 Å². The van der Waals surface area contributed by atoms with Gasteiger partial charge < -0.3 is 13.9 Å². The van der Waals surface area contributed by atoms with E-state index in [1.54, 1.807) is 24.3 Å². The molecule has 0 bridgehead atoms. The van der Waals surface area contributed by atoms with E-state index >= 15 is 0 Å². The lowest BCUT2D eigenvalue weighted by Crippen LogP contribution is -2.16. The molecule has 1 amide bonds. The minimum absolute atomic E-state index is 0.163. The molecule has 0 atom stereocenters. The largest absolute Gasteiger partial charge is 0.481 e. The van der Waals surface area contributed by atoms with Crippen LogP contribution in [-0.2, 0) is 9.53 Å². The maximum Gasteiger partial charge on any atom is 0.343 e. The van der Waals surface area contributed by atoms with Gasteiger partial charge in [-0.2, -0.15) is 5.10 Å². The summed E-state index contributed by atoms with van der Waals surface area (Å²) in [6, 6.07) is 12.4. The maximum absolute atomic E-state index is 12.2. The van der Waals surface area contributed by atoms with Crippen molar-refractivity contribution in [3.63, 3.8) is 0 Å². The third kappa shape index (κ3) is 5.10. The van der Waals surface area contributed by atoms with Crippen LogP contribution in [0.3, 0.4) is 0 Å². The van der Waals surface area contributed by atoms with E-state index in [0.717, 1.165) is 19.0 Å². The van der Waals surface area contributed by atoms with Crippen molar-refractivity contribution in [2.24, 2.45) is 5.10 Å². The number of methoxy groups -OCH3 is 1. The minimum Gasteiger partial charge on any atom is -0.481 e. The number of nitrogens with one attached hydrogen (secondary N) is 1. The monoisotopic (exact) mass is 556 g/mol. The van der Waals surface area contributed by atoms with Gasteiger partial charge in [-0.15, -0.1) is 0 Å². The van der Waals surface area contributed by atoms with Crippen LogP contribution >= 0.6 is 38.5 Å². The third-order valence-electron chi connectivity index (χ3n) is 3.61. The SMILES string of the molecule is COC(=O)COc1ccc(/C=N/NC(=O)c2cc3cc(Br)ccc3o2)cc1I. The average Bonchev–Trinajstić information content (AvgIpc) is 3.10. The van der Waals surface area contributed by atoms with E-state index in [1.807, 2.05) is 18.2 Å². The number of nitrogens with zero attached hydrogens (tertiary/aromatic N) is 1. The summed E-state index contributed by atoms with van der Waals surface area (Å²) >= 11 is 5.46. The molecule has 0 aliphatic heterocycles. The molecule has 9 heteroatoms. The van der Waals surface area contributed by atoms with E-state index in [4.69, 9.17) is 9.15 Å². The minimum atomic E-state index is -0.456. The summed E-state index contributed by atoms with van der Waals surface area (Å²) in [6.45, 7) is -0.163. The molecule has 0 spiro atoms. The zero-order valence-corrected chi connectivity index (χ0v) is 18.3. The van der Waals surface area contributed by atoms with Gasteiger partial charge >= 0.3 is 11.9 Å². The lowest BCUT2D eigenvalue weighted by atomic mass is 10.2. The number of carbonyl (C=O) groups is 2. The molecule has 0 fully saturated rings. The maximum atomic E-state index is 12.2. The summed E-state index contributed by atoms with van der Waals surface area (Å²) in [4.78, 5) is 23.3. The first-order chi connectivity index (χ1) is 13.5. The Hall–Kier alpha value is -2.40. The molecule has 1 N–H and O–H groups in total. The van der Waals surface area contributed by atoms with Crippen molar-refractivity contribution in [3.8, 4) is 5.75 Å². The number of ether oxygens (including phenoxy) is 2. The molecule has 28 heavy (non-hydrogen) atoms. The fraction of sp³-hybridized carbons (Fsp3) is 0.105. The standard InChI is InChI=1S/C19H14BrIN2O5/c1-26-18(24)10-27-16-4-2-11(6-14(16)21)9-22-23-19(25)17-8-12-7-13(20)3-5-15(12)28-17/h2-9H,10H2,1H3,(H,23,25)/b22-9+. The number of amides is 1. The highest BCUT2D eigenvalue weighted by Crippen LogP contribution is 2.23. The Labute approximate surface area is 182 Å². The molecule has 0 aliphatic carbocycles. The van der Waals surface area contributed by atoms with Crippen LogP contribution in [0, 0.1) is 3.57 Å². The number of hydrogen-bond donors (Lipinski definition) is 1. The van der Waals surface area contributed by atoms with Crippen molar-refractivity contribution >= 4 is 67.6 Å². The third-order valence-corrected chi connectivity index (χ3v) is 4.95. The van der Waals surface area contributed by atoms with Crippen LogP contribution in [0.2, 0.25) is 0 Å². The second-order valence-electron chi connectivity index (χ2n) is 5.55. The van der Waals surface area contributed by atoms with Gasteiger partial charge in [0.25, 0.3) is 0 Å². The van der Waals surface area contributed by atoms with Gasteiger partial charge in [-0.3, -0.25) is 4.79 Å². The summed E-state index contributed by atoms with van der Waals surface area (Å²) < 4.78 is 17.1. The molecule has 3 rings (SSSR count). The van der Waals surface area contributed by atoms with E-state index in [1.165, 1.54) is 13.3 Å². The number of fused-ring (bicyclic) bond motifs is 1. The fourth-order valence-electron chi connectivity index (χ4n) is 2.26. The number of hydrazone groups is 1. The fourth-order valence-corrected chi connectivity index (χ4v) is 3.33. The molecule has 0 unspecified atom stereocenters. The van der Waals surface area contributed by atoms with E-state index in [9.17, 15) is 9.59 Å². The molecule has 2 aromatic carbocycles. The van der Waals surface area contributed by atoms with Crippen LogP contribution in [0.5, 0.6) is 5.75 Å². The zero-order valence-electron chi connectivity index (χ0n) is 14.6. The normalized spacial score (nSPS) is 11.0. The van der Waals surface area contributed by atoms with Crippen molar-refractivity contribution in [3.05, 3.63) is 61.8 Å². The molecular weight excluding hydrogens is 543 g/mol. The Morgan fingerprint density at radius 3 is 2.82 bits per heavy atom. The number of furan rings is 1. The topological polar surface area (TPSA) is 90.1 Å². The highest BCUT2D eigenvalue weighted by Gasteiger charge is 2.12. The first-order valence-electron chi connectivity index (χ1n) is 7.98.